The normalized spacial score (nSPS) is 14.7. The van der Waals surface area contributed by atoms with Crippen molar-refractivity contribution in [2.75, 3.05) is 0 Å². The van der Waals surface area contributed by atoms with Crippen LogP contribution in [0.25, 0.3) is 11.1 Å². The maximum Gasteiger partial charge on any atom is 0.0187 e. The fourth-order valence-electron chi connectivity index (χ4n) is 4.02. The quantitative estimate of drug-likeness (QED) is 0.547. The Morgan fingerprint density at radius 1 is 0.773 bits per heavy atom. The van der Waals surface area contributed by atoms with Crippen molar-refractivity contribution in [2.45, 2.75) is 65.2 Å². The minimum atomic E-state index is 0.191. The third-order valence-corrected chi connectivity index (χ3v) is 5.36. The molecule has 0 radical (unpaired) electrons. The Morgan fingerprint density at radius 3 is 1.82 bits per heavy atom. The molecular weight excluding hydrogens is 264 g/mol. The fourth-order valence-corrected chi connectivity index (χ4v) is 4.02. The second kappa shape index (κ2) is 5.91. The summed E-state index contributed by atoms with van der Waals surface area (Å²) in [6.07, 6.45) is 6.61. The first-order chi connectivity index (χ1) is 10.6. The second-order valence-electron chi connectivity index (χ2n) is 7.24. The van der Waals surface area contributed by atoms with E-state index in [0.717, 1.165) is 0 Å². The minimum absolute atomic E-state index is 0.191. The molecule has 1 aliphatic carbocycles. The fraction of sp³-hybridized carbons (Fsp3) is 0.455. The monoisotopic (exact) mass is 292 g/mol. The highest BCUT2D eigenvalue weighted by molar-refractivity contribution is 5.81. The van der Waals surface area contributed by atoms with Crippen molar-refractivity contribution in [3.05, 3.63) is 58.7 Å². The molecule has 0 saturated heterocycles. The Morgan fingerprint density at radius 2 is 1.32 bits per heavy atom. The van der Waals surface area contributed by atoms with Crippen LogP contribution in [0.5, 0.6) is 0 Å². The van der Waals surface area contributed by atoms with Gasteiger partial charge in [-0.05, 0) is 42.5 Å². The Balaban J connectivity index is 2.05. The van der Waals surface area contributed by atoms with Gasteiger partial charge in [-0.25, -0.2) is 0 Å². The molecule has 0 spiro atoms. The number of hydrogen-bond donors (Lipinski definition) is 0. The Labute approximate surface area is 135 Å². The lowest BCUT2D eigenvalue weighted by Crippen LogP contribution is -2.20. The number of benzene rings is 2. The van der Waals surface area contributed by atoms with Crippen molar-refractivity contribution in [1.29, 1.82) is 0 Å². The topological polar surface area (TPSA) is 0 Å². The van der Waals surface area contributed by atoms with Gasteiger partial charge in [-0.15, -0.1) is 0 Å². The third-order valence-electron chi connectivity index (χ3n) is 5.36. The van der Waals surface area contributed by atoms with Gasteiger partial charge in [0.2, 0.25) is 0 Å². The summed E-state index contributed by atoms with van der Waals surface area (Å²) >= 11 is 0. The highest BCUT2D eigenvalue weighted by Crippen LogP contribution is 2.51. The van der Waals surface area contributed by atoms with Crippen LogP contribution >= 0.6 is 0 Å². The molecule has 0 nitrogen and oxygen atoms in total. The molecule has 3 rings (SSSR count). The SMILES string of the molecule is CCCCCCC1(C)c2cc(C)ccc2-c2ccc(C)cc21. The Bertz CT molecular complexity index is 627. The molecule has 0 aromatic heterocycles. The molecule has 2 aromatic carbocycles. The van der Waals surface area contributed by atoms with Crippen LogP contribution in [0.2, 0.25) is 0 Å². The van der Waals surface area contributed by atoms with Gasteiger partial charge in [0.15, 0.2) is 0 Å². The predicted molar refractivity (Wildman–Crippen MR) is 96.6 cm³/mol. The number of unbranched alkanes of at least 4 members (excludes halogenated alkanes) is 3. The lowest BCUT2D eigenvalue weighted by molar-refractivity contribution is 0.486. The summed E-state index contributed by atoms with van der Waals surface area (Å²) in [6, 6.07) is 14.0. The van der Waals surface area contributed by atoms with Gasteiger partial charge < -0.3 is 0 Å². The first kappa shape index (κ1) is 15.3. The molecule has 0 fully saturated rings. The molecule has 0 saturated carbocycles. The highest BCUT2D eigenvalue weighted by atomic mass is 14.4. The molecule has 2 aromatic rings. The summed E-state index contributed by atoms with van der Waals surface area (Å²) in [5.74, 6) is 0. The maximum absolute atomic E-state index is 2.46. The van der Waals surface area contributed by atoms with E-state index < -0.39 is 0 Å². The van der Waals surface area contributed by atoms with Crippen LogP contribution in [0.4, 0.5) is 0 Å². The van der Waals surface area contributed by atoms with E-state index in [-0.39, 0.29) is 5.41 Å². The molecular formula is C22H28. The van der Waals surface area contributed by atoms with Gasteiger partial charge in [-0.3, -0.25) is 0 Å². The largest absolute Gasteiger partial charge is 0.0654 e. The zero-order chi connectivity index (χ0) is 15.7. The van der Waals surface area contributed by atoms with Gasteiger partial charge in [-0.2, -0.15) is 0 Å². The van der Waals surface area contributed by atoms with Gasteiger partial charge >= 0.3 is 0 Å². The van der Waals surface area contributed by atoms with E-state index in [1.807, 2.05) is 0 Å². The summed E-state index contributed by atoms with van der Waals surface area (Å²) in [4.78, 5) is 0. The maximum atomic E-state index is 2.46. The van der Waals surface area contributed by atoms with Crippen LogP contribution in [0.1, 0.15) is 68.2 Å². The molecule has 0 unspecified atom stereocenters. The average Bonchev–Trinajstić information content (AvgIpc) is 2.73. The second-order valence-corrected chi connectivity index (χ2v) is 7.24. The van der Waals surface area contributed by atoms with Crippen molar-refractivity contribution < 1.29 is 0 Å². The first-order valence-electron chi connectivity index (χ1n) is 8.79. The van der Waals surface area contributed by atoms with Crippen LogP contribution in [0.3, 0.4) is 0 Å². The van der Waals surface area contributed by atoms with Crippen LogP contribution in [0.15, 0.2) is 36.4 Å². The van der Waals surface area contributed by atoms with E-state index in [1.54, 1.807) is 11.1 Å². The molecule has 0 heterocycles. The molecule has 1 aliphatic rings. The van der Waals surface area contributed by atoms with E-state index in [9.17, 15) is 0 Å². The molecule has 0 aliphatic heterocycles. The number of rotatable bonds is 5. The molecule has 0 heteroatoms. The summed E-state index contributed by atoms with van der Waals surface area (Å²) in [7, 11) is 0. The van der Waals surface area contributed by atoms with Crippen molar-refractivity contribution in [2.24, 2.45) is 0 Å². The summed E-state index contributed by atoms with van der Waals surface area (Å²) < 4.78 is 0. The van der Waals surface area contributed by atoms with Gasteiger partial charge in [0.05, 0.1) is 0 Å². The van der Waals surface area contributed by atoms with E-state index in [2.05, 4.69) is 64.1 Å². The van der Waals surface area contributed by atoms with Crippen LogP contribution in [-0.4, -0.2) is 0 Å². The van der Waals surface area contributed by atoms with Crippen LogP contribution in [-0.2, 0) is 5.41 Å². The molecule has 0 N–H and O–H groups in total. The highest BCUT2D eigenvalue weighted by Gasteiger charge is 2.38. The molecule has 0 bridgehead atoms. The molecule has 0 atom stereocenters. The minimum Gasteiger partial charge on any atom is -0.0654 e. The van der Waals surface area contributed by atoms with Gasteiger partial charge in [0.1, 0.15) is 0 Å². The standard InChI is InChI=1S/C22H28/c1-5-6-7-8-13-22(4)20-14-16(2)9-11-18(20)19-12-10-17(3)15-21(19)22/h9-12,14-15H,5-8,13H2,1-4H3. The Hall–Kier alpha value is -1.56. The van der Waals surface area contributed by atoms with Crippen LogP contribution in [0, 0.1) is 13.8 Å². The lowest BCUT2D eigenvalue weighted by atomic mass is 9.75. The van der Waals surface area contributed by atoms with E-state index in [4.69, 9.17) is 0 Å². The van der Waals surface area contributed by atoms with Crippen molar-refractivity contribution in [1.82, 2.24) is 0 Å². The number of fused-ring (bicyclic) bond motifs is 3. The molecule has 116 valence electrons. The van der Waals surface area contributed by atoms with E-state index in [0.29, 0.717) is 0 Å². The summed E-state index contributed by atoms with van der Waals surface area (Å²) in [5.41, 5.74) is 8.95. The lowest BCUT2D eigenvalue weighted by Gasteiger charge is -2.28. The summed E-state index contributed by atoms with van der Waals surface area (Å²) in [6.45, 7) is 9.18. The predicted octanol–water partition coefficient (Wildman–Crippen LogP) is 6.56. The van der Waals surface area contributed by atoms with Gasteiger partial charge in [0.25, 0.3) is 0 Å². The first-order valence-corrected chi connectivity index (χ1v) is 8.79. The number of hydrogen-bond acceptors (Lipinski definition) is 0. The van der Waals surface area contributed by atoms with Crippen LogP contribution < -0.4 is 0 Å². The zero-order valence-corrected chi connectivity index (χ0v) is 14.5. The molecule has 22 heavy (non-hydrogen) atoms. The van der Waals surface area contributed by atoms with Gasteiger partial charge in [0, 0.05) is 5.41 Å². The van der Waals surface area contributed by atoms with Crippen molar-refractivity contribution >= 4 is 0 Å². The van der Waals surface area contributed by atoms with Crippen molar-refractivity contribution in [3.63, 3.8) is 0 Å². The van der Waals surface area contributed by atoms with Crippen molar-refractivity contribution in [3.8, 4) is 11.1 Å². The van der Waals surface area contributed by atoms with E-state index in [1.165, 1.54) is 54.4 Å². The van der Waals surface area contributed by atoms with Gasteiger partial charge in [-0.1, -0.05) is 87.1 Å². The number of aryl methyl sites for hydroxylation is 2. The smallest absolute Gasteiger partial charge is 0.0187 e. The molecule has 0 amide bonds. The third kappa shape index (κ3) is 2.49. The average molecular weight is 292 g/mol. The summed E-state index contributed by atoms with van der Waals surface area (Å²) in [5, 5.41) is 0. The van der Waals surface area contributed by atoms with E-state index >= 15 is 0 Å². The zero-order valence-electron chi connectivity index (χ0n) is 14.5. The Kier molecular flexibility index (Phi) is 4.12.